The standard InChI is InChI=1S/C12H14ClN3O2/c1-16(7-3-4-10(17)18-2)12-11(13)9(8-14)5-6-15-12/h5-6H,3-4,7H2,1-2H3. The molecule has 0 aliphatic heterocycles. The smallest absolute Gasteiger partial charge is 0.305 e. The molecule has 5 nitrogen and oxygen atoms in total. The molecule has 0 spiro atoms. The van der Waals surface area contributed by atoms with Gasteiger partial charge in [0.2, 0.25) is 0 Å². The van der Waals surface area contributed by atoms with Gasteiger partial charge in [-0.15, -0.1) is 0 Å². The van der Waals surface area contributed by atoms with Crippen molar-refractivity contribution in [1.82, 2.24) is 4.98 Å². The van der Waals surface area contributed by atoms with E-state index in [1.807, 2.05) is 18.0 Å². The lowest BCUT2D eigenvalue weighted by Gasteiger charge is -2.19. The molecule has 0 bridgehead atoms. The Kier molecular flexibility index (Phi) is 5.40. The first kappa shape index (κ1) is 14.3. The van der Waals surface area contributed by atoms with Crippen molar-refractivity contribution in [2.24, 2.45) is 0 Å². The van der Waals surface area contributed by atoms with E-state index in [4.69, 9.17) is 16.9 Å². The number of carbonyl (C=O) groups is 1. The van der Waals surface area contributed by atoms with Crippen molar-refractivity contribution in [2.75, 3.05) is 25.6 Å². The first-order valence-corrected chi connectivity index (χ1v) is 5.80. The lowest BCUT2D eigenvalue weighted by atomic mass is 10.2. The van der Waals surface area contributed by atoms with E-state index in [0.717, 1.165) is 0 Å². The summed E-state index contributed by atoms with van der Waals surface area (Å²) in [5, 5.41) is 9.20. The number of hydrogen-bond acceptors (Lipinski definition) is 5. The molecule has 0 amide bonds. The third-order valence-corrected chi connectivity index (χ3v) is 2.83. The van der Waals surface area contributed by atoms with E-state index in [9.17, 15) is 4.79 Å². The van der Waals surface area contributed by atoms with Gasteiger partial charge in [0.25, 0.3) is 0 Å². The molecule has 0 fully saturated rings. The summed E-state index contributed by atoms with van der Waals surface area (Å²) in [6, 6.07) is 3.56. The molecular weight excluding hydrogens is 254 g/mol. The molecule has 0 saturated heterocycles. The molecular formula is C12H14ClN3O2. The van der Waals surface area contributed by atoms with Crippen molar-refractivity contribution in [3.8, 4) is 6.07 Å². The predicted octanol–water partition coefficient (Wildman–Crippen LogP) is 2.00. The third-order valence-electron chi connectivity index (χ3n) is 2.45. The third kappa shape index (κ3) is 3.60. The summed E-state index contributed by atoms with van der Waals surface area (Å²) in [5.41, 5.74) is 0.390. The quantitative estimate of drug-likeness (QED) is 0.764. The van der Waals surface area contributed by atoms with E-state index in [0.29, 0.717) is 35.8 Å². The number of halogens is 1. The minimum absolute atomic E-state index is 0.242. The maximum absolute atomic E-state index is 11.0. The van der Waals surface area contributed by atoms with E-state index in [1.165, 1.54) is 13.3 Å². The second-order valence-corrected chi connectivity index (χ2v) is 4.09. The van der Waals surface area contributed by atoms with Crippen LogP contribution >= 0.6 is 11.6 Å². The topological polar surface area (TPSA) is 66.2 Å². The number of ether oxygens (including phenoxy) is 1. The molecule has 1 rings (SSSR count). The van der Waals surface area contributed by atoms with Gasteiger partial charge < -0.3 is 9.64 Å². The number of pyridine rings is 1. The summed E-state index contributed by atoms with van der Waals surface area (Å²) in [5.74, 6) is 0.300. The molecule has 0 radical (unpaired) electrons. The van der Waals surface area contributed by atoms with Crippen LogP contribution in [-0.4, -0.2) is 31.7 Å². The first-order chi connectivity index (χ1) is 8.60. The van der Waals surface area contributed by atoms with Crippen LogP contribution in [0.25, 0.3) is 0 Å². The molecule has 1 aromatic rings. The van der Waals surface area contributed by atoms with Gasteiger partial charge in [-0.25, -0.2) is 4.98 Å². The Hall–Kier alpha value is -1.80. The van der Waals surface area contributed by atoms with E-state index in [2.05, 4.69) is 9.72 Å². The van der Waals surface area contributed by atoms with Gasteiger partial charge >= 0.3 is 5.97 Å². The van der Waals surface area contributed by atoms with Gasteiger partial charge in [-0.1, -0.05) is 11.6 Å². The largest absolute Gasteiger partial charge is 0.469 e. The SMILES string of the molecule is COC(=O)CCCN(C)c1nccc(C#N)c1Cl. The van der Waals surface area contributed by atoms with Gasteiger partial charge in [0.15, 0.2) is 0 Å². The molecule has 0 aromatic carbocycles. The van der Waals surface area contributed by atoms with Crippen LogP contribution in [0.3, 0.4) is 0 Å². The summed E-state index contributed by atoms with van der Waals surface area (Å²) in [4.78, 5) is 16.9. The van der Waals surface area contributed by atoms with Crippen LogP contribution < -0.4 is 4.90 Å². The van der Waals surface area contributed by atoms with Gasteiger partial charge in [-0.05, 0) is 12.5 Å². The van der Waals surface area contributed by atoms with Gasteiger partial charge in [-0.3, -0.25) is 4.79 Å². The van der Waals surface area contributed by atoms with Crippen molar-refractivity contribution in [1.29, 1.82) is 5.26 Å². The lowest BCUT2D eigenvalue weighted by molar-refractivity contribution is -0.140. The van der Waals surface area contributed by atoms with Crippen LogP contribution in [0.4, 0.5) is 5.82 Å². The van der Waals surface area contributed by atoms with Crippen molar-refractivity contribution >= 4 is 23.4 Å². The van der Waals surface area contributed by atoms with Crippen molar-refractivity contribution in [3.63, 3.8) is 0 Å². The number of methoxy groups -OCH3 is 1. The second-order valence-electron chi connectivity index (χ2n) is 3.71. The highest BCUT2D eigenvalue weighted by atomic mass is 35.5. The molecule has 18 heavy (non-hydrogen) atoms. The zero-order valence-electron chi connectivity index (χ0n) is 10.3. The number of rotatable bonds is 5. The van der Waals surface area contributed by atoms with Gasteiger partial charge in [0.1, 0.15) is 16.9 Å². The molecule has 0 aliphatic carbocycles. The molecule has 0 unspecified atom stereocenters. The minimum atomic E-state index is -0.242. The van der Waals surface area contributed by atoms with Crippen molar-refractivity contribution in [3.05, 3.63) is 22.8 Å². The number of esters is 1. The van der Waals surface area contributed by atoms with Crippen LogP contribution in [0, 0.1) is 11.3 Å². The van der Waals surface area contributed by atoms with E-state index in [1.54, 1.807) is 6.07 Å². The number of nitriles is 1. The van der Waals surface area contributed by atoms with Crippen LogP contribution in [0.2, 0.25) is 5.02 Å². The summed E-state index contributed by atoms with van der Waals surface area (Å²) in [6.45, 7) is 0.608. The van der Waals surface area contributed by atoms with Gasteiger partial charge in [-0.2, -0.15) is 5.26 Å². The molecule has 0 N–H and O–H groups in total. The Labute approximate surface area is 111 Å². The molecule has 0 aliphatic rings. The first-order valence-electron chi connectivity index (χ1n) is 5.42. The molecule has 6 heteroatoms. The minimum Gasteiger partial charge on any atom is -0.469 e. The molecule has 0 saturated carbocycles. The maximum atomic E-state index is 11.0. The van der Waals surface area contributed by atoms with Crippen LogP contribution in [0.1, 0.15) is 18.4 Å². The number of hydrogen-bond donors (Lipinski definition) is 0. The Bertz CT molecular complexity index is 471. The normalized spacial score (nSPS) is 9.67. The number of aromatic nitrogens is 1. The lowest BCUT2D eigenvalue weighted by Crippen LogP contribution is -2.21. The number of anilines is 1. The Morgan fingerprint density at radius 3 is 3.00 bits per heavy atom. The molecule has 1 heterocycles. The Morgan fingerprint density at radius 2 is 2.39 bits per heavy atom. The fraction of sp³-hybridized carbons (Fsp3) is 0.417. The van der Waals surface area contributed by atoms with E-state index in [-0.39, 0.29) is 5.97 Å². The van der Waals surface area contributed by atoms with E-state index < -0.39 is 0 Å². The maximum Gasteiger partial charge on any atom is 0.305 e. The summed E-state index contributed by atoms with van der Waals surface area (Å²) < 4.78 is 4.56. The van der Waals surface area contributed by atoms with Crippen LogP contribution in [0.15, 0.2) is 12.3 Å². The molecule has 0 atom stereocenters. The summed E-state index contributed by atoms with van der Waals surface area (Å²) >= 11 is 6.05. The van der Waals surface area contributed by atoms with Crippen LogP contribution in [-0.2, 0) is 9.53 Å². The summed E-state index contributed by atoms with van der Waals surface area (Å²) in [7, 11) is 3.17. The van der Waals surface area contributed by atoms with Gasteiger partial charge in [0.05, 0.1) is 12.7 Å². The highest BCUT2D eigenvalue weighted by Crippen LogP contribution is 2.25. The number of nitrogens with zero attached hydrogens (tertiary/aromatic N) is 3. The van der Waals surface area contributed by atoms with Crippen molar-refractivity contribution in [2.45, 2.75) is 12.8 Å². The Balaban J connectivity index is 2.65. The molecule has 96 valence electrons. The summed E-state index contributed by atoms with van der Waals surface area (Å²) in [6.07, 6.45) is 2.52. The zero-order valence-corrected chi connectivity index (χ0v) is 11.1. The fourth-order valence-corrected chi connectivity index (χ4v) is 1.75. The predicted molar refractivity (Wildman–Crippen MR) is 68.5 cm³/mol. The highest BCUT2D eigenvalue weighted by Gasteiger charge is 2.11. The monoisotopic (exact) mass is 267 g/mol. The zero-order chi connectivity index (χ0) is 13.5. The molecule has 1 aromatic heterocycles. The average molecular weight is 268 g/mol. The van der Waals surface area contributed by atoms with Gasteiger partial charge in [0, 0.05) is 26.2 Å². The second kappa shape index (κ2) is 6.82. The van der Waals surface area contributed by atoms with Crippen LogP contribution in [0.5, 0.6) is 0 Å². The van der Waals surface area contributed by atoms with E-state index >= 15 is 0 Å². The fourth-order valence-electron chi connectivity index (χ4n) is 1.45. The highest BCUT2D eigenvalue weighted by molar-refractivity contribution is 6.34. The average Bonchev–Trinajstić information content (AvgIpc) is 2.38. The Morgan fingerprint density at radius 1 is 1.67 bits per heavy atom. The number of carbonyl (C=O) groups excluding carboxylic acids is 1. The van der Waals surface area contributed by atoms with Crippen molar-refractivity contribution < 1.29 is 9.53 Å².